The van der Waals surface area contributed by atoms with E-state index in [1.54, 1.807) is 7.11 Å². The van der Waals surface area contributed by atoms with Crippen molar-refractivity contribution in [1.29, 1.82) is 0 Å². The lowest BCUT2D eigenvalue weighted by atomic mass is 9.92. The summed E-state index contributed by atoms with van der Waals surface area (Å²) < 4.78 is 5.25. The van der Waals surface area contributed by atoms with Gasteiger partial charge in [0, 0.05) is 6.04 Å². The first-order valence-electron chi connectivity index (χ1n) is 5.97. The van der Waals surface area contributed by atoms with Crippen molar-refractivity contribution in [2.75, 3.05) is 7.11 Å². The number of benzene rings is 1. The molecule has 2 unspecified atom stereocenters. The summed E-state index contributed by atoms with van der Waals surface area (Å²) >= 11 is 0. The van der Waals surface area contributed by atoms with Gasteiger partial charge in [-0.15, -0.1) is 0 Å². The van der Waals surface area contributed by atoms with E-state index in [-0.39, 0.29) is 0 Å². The average molecular weight is 221 g/mol. The maximum Gasteiger partial charge on any atom is 0.121 e. The molecule has 0 radical (unpaired) electrons. The molecule has 1 rings (SSSR count). The predicted molar refractivity (Wildman–Crippen MR) is 68.9 cm³/mol. The lowest BCUT2D eigenvalue weighted by molar-refractivity contribution is 0.410. The molecule has 0 saturated heterocycles. The quantitative estimate of drug-likeness (QED) is 0.829. The third-order valence-electron chi connectivity index (χ3n) is 3.22. The van der Waals surface area contributed by atoms with Crippen LogP contribution in [0.15, 0.2) is 18.2 Å². The zero-order valence-electron chi connectivity index (χ0n) is 10.8. The zero-order valence-corrected chi connectivity index (χ0v) is 10.8. The molecule has 0 aliphatic rings. The van der Waals surface area contributed by atoms with Gasteiger partial charge in [-0.25, -0.2) is 0 Å². The number of nitrogens with two attached hydrogens (primary N) is 1. The Morgan fingerprint density at radius 3 is 2.56 bits per heavy atom. The van der Waals surface area contributed by atoms with Gasteiger partial charge in [0.2, 0.25) is 0 Å². The first-order chi connectivity index (χ1) is 7.58. The Hall–Kier alpha value is -1.02. The highest BCUT2D eigenvalue weighted by Crippen LogP contribution is 2.21. The molecular weight excluding hydrogens is 198 g/mol. The van der Waals surface area contributed by atoms with E-state index in [1.807, 2.05) is 6.07 Å². The van der Waals surface area contributed by atoms with E-state index in [9.17, 15) is 0 Å². The summed E-state index contributed by atoms with van der Waals surface area (Å²) in [5.74, 6) is 1.48. The molecule has 0 aliphatic carbocycles. The lowest BCUT2D eigenvalue weighted by Crippen LogP contribution is -2.28. The van der Waals surface area contributed by atoms with E-state index in [2.05, 4.69) is 32.9 Å². The maximum atomic E-state index is 6.03. The topological polar surface area (TPSA) is 35.2 Å². The average Bonchev–Trinajstić information content (AvgIpc) is 2.28. The van der Waals surface area contributed by atoms with Crippen LogP contribution in [0.1, 0.15) is 31.4 Å². The number of ether oxygens (including phenoxy) is 1. The smallest absolute Gasteiger partial charge is 0.121 e. The molecule has 2 atom stereocenters. The van der Waals surface area contributed by atoms with Crippen molar-refractivity contribution in [3.8, 4) is 5.75 Å². The Morgan fingerprint density at radius 1 is 1.38 bits per heavy atom. The van der Waals surface area contributed by atoms with Gasteiger partial charge >= 0.3 is 0 Å². The molecule has 0 fully saturated rings. The second-order valence-electron chi connectivity index (χ2n) is 4.56. The van der Waals surface area contributed by atoms with Gasteiger partial charge in [-0.3, -0.25) is 0 Å². The lowest BCUT2D eigenvalue weighted by Gasteiger charge is -2.18. The Labute approximate surface area is 98.8 Å². The van der Waals surface area contributed by atoms with E-state index in [4.69, 9.17) is 10.5 Å². The first-order valence-corrected chi connectivity index (χ1v) is 5.97. The number of aryl methyl sites for hydroxylation is 1. The van der Waals surface area contributed by atoms with E-state index < -0.39 is 0 Å². The van der Waals surface area contributed by atoms with Crippen molar-refractivity contribution in [2.24, 2.45) is 11.7 Å². The van der Waals surface area contributed by atoms with Crippen molar-refractivity contribution in [3.63, 3.8) is 0 Å². The molecule has 0 aliphatic heterocycles. The SMILES string of the molecule is CCC(N)C(C)Cc1ccc(OC)c(C)c1. The highest BCUT2D eigenvalue weighted by Gasteiger charge is 2.11. The summed E-state index contributed by atoms with van der Waals surface area (Å²) in [5.41, 5.74) is 8.57. The maximum absolute atomic E-state index is 6.03. The third-order valence-corrected chi connectivity index (χ3v) is 3.22. The van der Waals surface area contributed by atoms with Crippen molar-refractivity contribution < 1.29 is 4.74 Å². The third kappa shape index (κ3) is 3.24. The van der Waals surface area contributed by atoms with E-state index >= 15 is 0 Å². The van der Waals surface area contributed by atoms with Gasteiger partial charge in [0.25, 0.3) is 0 Å². The summed E-state index contributed by atoms with van der Waals surface area (Å²) in [6.45, 7) is 6.43. The molecular formula is C14H23NO. The molecule has 0 aromatic heterocycles. The molecule has 0 bridgehead atoms. The second-order valence-corrected chi connectivity index (χ2v) is 4.56. The Balaban J connectivity index is 2.71. The summed E-state index contributed by atoms with van der Waals surface area (Å²) in [5, 5.41) is 0. The van der Waals surface area contributed by atoms with E-state index in [0.29, 0.717) is 12.0 Å². The Morgan fingerprint density at radius 2 is 2.06 bits per heavy atom. The summed E-state index contributed by atoms with van der Waals surface area (Å²) in [6.07, 6.45) is 2.08. The monoisotopic (exact) mass is 221 g/mol. The molecule has 2 nitrogen and oxygen atoms in total. The van der Waals surface area contributed by atoms with Crippen LogP contribution in [0.5, 0.6) is 5.75 Å². The largest absolute Gasteiger partial charge is 0.496 e. The number of rotatable bonds is 5. The van der Waals surface area contributed by atoms with Gasteiger partial charge in [0.05, 0.1) is 7.11 Å². The zero-order chi connectivity index (χ0) is 12.1. The standard InChI is InChI=1S/C14H23NO/c1-5-13(15)10(2)8-12-6-7-14(16-4)11(3)9-12/h6-7,9-10,13H,5,8,15H2,1-4H3. The number of hydrogen-bond acceptors (Lipinski definition) is 2. The fraction of sp³-hybridized carbons (Fsp3) is 0.571. The van der Waals surface area contributed by atoms with E-state index in [0.717, 1.165) is 18.6 Å². The fourth-order valence-corrected chi connectivity index (χ4v) is 1.99. The van der Waals surface area contributed by atoms with Gasteiger partial charge < -0.3 is 10.5 Å². The van der Waals surface area contributed by atoms with Crippen LogP contribution in [0.3, 0.4) is 0 Å². The van der Waals surface area contributed by atoms with Crippen LogP contribution in [0.4, 0.5) is 0 Å². The van der Waals surface area contributed by atoms with Crippen LogP contribution >= 0.6 is 0 Å². The van der Waals surface area contributed by atoms with Gasteiger partial charge in [-0.05, 0) is 42.9 Å². The van der Waals surface area contributed by atoms with E-state index in [1.165, 1.54) is 11.1 Å². The molecule has 0 saturated carbocycles. The summed E-state index contributed by atoms with van der Waals surface area (Å²) in [4.78, 5) is 0. The van der Waals surface area contributed by atoms with Crippen LogP contribution in [-0.2, 0) is 6.42 Å². The van der Waals surface area contributed by atoms with Crippen molar-refractivity contribution in [3.05, 3.63) is 29.3 Å². The second kappa shape index (κ2) is 5.90. The highest BCUT2D eigenvalue weighted by atomic mass is 16.5. The molecule has 90 valence electrons. The van der Waals surface area contributed by atoms with Crippen LogP contribution in [-0.4, -0.2) is 13.2 Å². The molecule has 1 aromatic carbocycles. The Kier molecular flexibility index (Phi) is 4.81. The molecule has 2 heteroatoms. The minimum atomic E-state index is 0.294. The normalized spacial score (nSPS) is 14.6. The molecule has 0 amide bonds. The minimum Gasteiger partial charge on any atom is -0.496 e. The molecule has 2 N–H and O–H groups in total. The molecule has 0 heterocycles. The van der Waals surface area contributed by atoms with Crippen LogP contribution < -0.4 is 10.5 Å². The first kappa shape index (κ1) is 13.0. The number of methoxy groups -OCH3 is 1. The van der Waals surface area contributed by atoms with Gasteiger partial charge in [-0.1, -0.05) is 26.0 Å². The minimum absolute atomic E-state index is 0.294. The molecule has 0 spiro atoms. The molecule has 1 aromatic rings. The van der Waals surface area contributed by atoms with Gasteiger partial charge in [0.1, 0.15) is 5.75 Å². The van der Waals surface area contributed by atoms with Gasteiger partial charge in [-0.2, -0.15) is 0 Å². The predicted octanol–water partition coefficient (Wildman–Crippen LogP) is 2.92. The Bertz CT molecular complexity index is 336. The van der Waals surface area contributed by atoms with Crippen LogP contribution in [0.25, 0.3) is 0 Å². The number of hydrogen-bond donors (Lipinski definition) is 1. The van der Waals surface area contributed by atoms with Gasteiger partial charge in [0.15, 0.2) is 0 Å². The molecule has 16 heavy (non-hydrogen) atoms. The van der Waals surface area contributed by atoms with Crippen LogP contribution in [0, 0.1) is 12.8 Å². The van der Waals surface area contributed by atoms with Crippen LogP contribution in [0.2, 0.25) is 0 Å². The fourth-order valence-electron chi connectivity index (χ4n) is 1.99. The van der Waals surface area contributed by atoms with Crippen molar-refractivity contribution >= 4 is 0 Å². The summed E-state index contributed by atoms with van der Waals surface area (Å²) in [6, 6.07) is 6.65. The van der Waals surface area contributed by atoms with Crippen molar-refractivity contribution in [1.82, 2.24) is 0 Å². The highest BCUT2D eigenvalue weighted by molar-refractivity contribution is 5.36. The van der Waals surface area contributed by atoms with Crippen molar-refractivity contribution in [2.45, 2.75) is 39.7 Å². The summed E-state index contributed by atoms with van der Waals surface area (Å²) in [7, 11) is 1.71.